The number of carbonyl (C=O) groups excluding carboxylic acids is 3. The summed E-state index contributed by atoms with van der Waals surface area (Å²) in [5, 5.41) is 3.34. The Morgan fingerprint density at radius 1 is 1.08 bits per heavy atom. The Balaban J connectivity index is 1.61. The van der Waals surface area contributed by atoms with Crippen LogP contribution in [0, 0.1) is 0 Å². The first-order valence-electron chi connectivity index (χ1n) is 7.68. The number of amides is 1. The number of esters is 1. The summed E-state index contributed by atoms with van der Waals surface area (Å²) in [5.74, 6) is -1.15. The van der Waals surface area contributed by atoms with Gasteiger partial charge < -0.3 is 15.0 Å². The Morgan fingerprint density at radius 2 is 1.88 bits per heavy atom. The lowest BCUT2D eigenvalue weighted by molar-refractivity contribution is -0.119. The van der Waals surface area contributed by atoms with E-state index in [0.29, 0.717) is 16.8 Å². The molecule has 0 spiro atoms. The molecule has 1 heterocycles. The van der Waals surface area contributed by atoms with Crippen molar-refractivity contribution in [3.63, 3.8) is 0 Å². The van der Waals surface area contributed by atoms with Crippen LogP contribution in [0.2, 0.25) is 0 Å². The van der Waals surface area contributed by atoms with Crippen LogP contribution in [0.15, 0.2) is 54.7 Å². The SMILES string of the molecule is CC(=O)c1cccc(NC(=O)COC(=O)c2c[nH]c3ccccc23)c1. The van der Waals surface area contributed by atoms with Gasteiger partial charge >= 0.3 is 5.97 Å². The zero-order chi connectivity index (χ0) is 17.8. The molecule has 0 aliphatic heterocycles. The van der Waals surface area contributed by atoms with E-state index in [1.807, 2.05) is 18.2 Å². The molecule has 6 nitrogen and oxygen atoms in total. The van der Waals surface area contributed by atoms with Gasteiger partial charge in [0.15, 0.2) is 12.4 Å². The highest BCUT2D eigenvalue weighted by Gasteiger charge is 2.15. The van der Waals surface area contributed by atoms with Gasteiger partial charge in [-0.1, -0.05) is 30.3 Å². The molecule has 0 atom stereocenters. The molecule has 2 aromatic carbocycles. The highest BCUT2D eigenvalue weighted by Crippen LogP contribution is 2.18. The van der Waals surface area contributed by atoms with Gasteiger partial charge in [0.1, 0.15) is 0 Å². The van der Waals surface area contributed by atoms with Crippen molar-refractivity contribution in [2.75, 3.05) is 11.9 Å². The lowest BCUT2D eigenvalue weighted by Crippen LogP contribution is -2.21. The van der Waals surface area contributed by atoms with E-state index >= 15 is 0 Å². The smallest absolute Gasteiger partial charge is 0.340 e. The largest absolute Gasteiger partial charge is 0.452 e. The molecule has 3 rings (SSSR count). The van der Waals surface area contributed by atoms with Crippen LogP contribution < -0.4 is 5.32 Å². The van der Waals surface area contributed by atoms with E-state index in [0.717, 1.165) is 10.9 Å². The van der Waals surface area contributed by atoms with Crippen molar-refractivity contribution in [1.82, 2.24) is 4.98 Å². The van der Waals surface area contributed by atoms with E-state index in [-0.39, 0.29) is 5.78 Å². The molecule has 0 aliphatic carbocycles. The van der Waals surface area contributed by atoms with E-state index in [1.54, 1.807) is 36.5 Å². The molecule has 126 valence electrons. The number of ketones is 1. The molecular formula is C19H16N2O4. The lowest BCUT2D eigenvalue weighted by Gasteiger charge is -2.07. The molecule has 1 amide bonds. The number of aromatic nitrogens is 1. The van der Waals surface area contributed by atoms with E-state index in [4.69, 9.17) is 4.74 Å². The van der Waals surface area contributed by atoms with Crippen LogP contribution in [-0.4, -0.2) is 29.3 Å². The third-order valence-electron chi connectivity index (χ3n) is 3.70. The Labute approximate surface area is 143 Å². The minimum atomic E-state index is -0.579. The summed E-state index contributed by atoms with van der Waals surface area (Å²) in [6.07, 6.45) is 1.56. The fourth-order valence-corrected chi connectivity index (χ4v) is 2.46. The summed E-state index contributed by atoms with van der Waals surface area (Å²) in [6, 6.07) is 13.9. The topological polar surface area (TPSA) is 88.3 Å². The zero-order valence-electron chi connectivity index (χ0n) is 13.5. The van der Waals surface area contributed by atoms with Crippen LogP contribution in [0.25, 0.3) is 10.9 Å². The van der Waals surface area contributed by atoms with Crippen molar-refractivity contribution in [3.05, 3.63) is 65.9 Å². The van der Waals surface area contributed by atoms with Crippen LogP contribution in [0.5, 0.6) is 0 Å². The van der Waals surface area contributed by atoms with Crippen LogP contribution in [0.1, 0.15) is 27.6 Å². The second kappa shape index (κ2) is 7.00. The van der Waals surface area contributed by atoms with Crippen molar-refractivity contribution >= 4 is 34.3 Å². The maximum Gasteiger partial charge on any atom is 0.340 e. The van der Waals surface area contributed by atoms with Gasteiger partial charge in [0.25, 0.3) is 5.91 Å². The number of benzene rings is 2. The molecular weight excluding hydrogens is 320 g/mol. The fraction of sp³-hybridized carbons (Fsp3) is 0.105. The first-order valence-corrected chi connectivity index (χ1v) is 7.68. The normalized spacial score (nSPS) is 10.4. The molecule has 0 radical (unpaired) electrons. The third-order valence-corrected chi connectivity index (χ3v) is 3.70. The number of hydrogen-bond donors (Lipinski definition) is 2. The van der Waals surface area contributed by atoms with E-state index in [1.165, 1.54) is 6.92 Å². The van der Waals surface area contributed by atoms with E-state index in [9.17, 15) is 14.4 Å². The Morgan fingerprint density at radius 3 is 2.68 bits per heavy atom. The first kappa shape index (κ1) is 16.4. The summed E-state index contributed by atoms with van der Waals surface area (Å²) in [4.78, 5) is 38.4. The summed E-state index contributed by atoms with van der Waals surface area (Å²) in [5.41, 5.74) is 2.16. The average molecular weight is 336 g/mol. The summed E-state index contributed by atoms with van der Waals surface area (Å²) >= 11 is 0. The molecule has 0 saturated heterocycles. The Bertz CT molecular complexity index is 959. The molecule has 6 heteroatoms. The number of aromatic amines is 1. The van der Waals surface area contributed by atoms with Crippen molar-refractivity contribution < 1.29 is 19.1 Å². The zero-order valence-corrected chi connectivity index (χ0v) is 13.5. The van der Waals surface area contributed by atoms with E-state index in [2.05, 4.69) is 10.3 Å². The highest BCUT2D eigenvalue weighted by atomic mass is 16.5. The van der Waals surface area contributed by atoms with E-state index < -0.39 is 18.5 Å². The predicted octanol–water partition coefficient (Wildman–Crippen LogP) is 3.17. The monoisotopic (exact) mass is 336 g/mol. The maximum absolute atomic E-state index is 12.2. The fourth-order valence-electron chi connectivity index (χ4n) is 2.46. The number of ether oxygens (including phenoxy) is 1. The van der Waals surface area contributed by atoms with Crippen LogP contribution in [-0.2, 0) is 9.53 Å². The Kier molecular flexibility index (Phi) is 4.61. The summed E-state index contributed by atoms with van der Waals surface area (Å²) in [7, 11) is 0. The number of carbonyl (C=O) groups is 3. The molecule has 3 aromatic rings. The van der Waals surface area contributed by atoms with Crippen molar-refractivity contribution in [3.8, 4) is 0 Å². The Hall–Kier alpha value is -3.41. The third kappa shape index (κ3) is 3.74. The van der Waals surface area contributed by atoms with Gasteiger partial charge in [-0.3, -0.25) is 9.59 Å². The second-order valence-electron chi connectivity index (χ2n) is 5.51. The van der Waals surface area contributed by atoms with Crippen molar-refractivity contribution in [2.24, 2.45) is 0 Å². The number of hydrogen-bond acceptors (Lipinski definition) is 4. The van der Waals surface area contributed by atoms with Gasteiger partial charge in [-0.25, -0.2) is 4.79 Å². The lowest BCUT2D eigenvalue weighted by atomic mass is 10.1. The molecule has 0 aliphatic rings. The predicted molar refractivity (Wildman–Crippen MR) is 93.7 cm³/mol. The second-order valence-corrected chi connectivity index (χ2v) is 5.51. The van der Waals surface area contributed by atoms with Crippen LogP contribution in [0.4, 0.5) is 5.69 Å². The summed E-state index contributed by atoms with van der Waals surface area (Å²) < 4.78 is 5.07. The van der Waals surface area contributed by atoms with Crippen molar-refractivity contribution in [1.29, 1.82) is 0 Å². The van der Waals surface area contributed by atoms with Gasteiger partial charge in [-0.15, -0.1) is 0 Å². The van der Waals surface area contributed by atoms with Gasteiger partial charge in [-0.05, 0) is 25.1 Å². The number of nitrogens with one attached hydrogen (secondary N) is 2. The molecule has 25 heavy (non-hydrogen) atoms. The van der Waals surface area contributed by atoms with Crippen LogP contribution in [0.3, 0.4) is 0 Å². The van der Waals surface area contributed by atoms with Gasteiger partial charge in [0.05, 0.1) is 5.56 Å². The number of Topliss-reactive ketones (excluding diaryl/α,β-unsaturated/α-hetero) is 1. The standard InChI is InChI=1S/C19H16N2O4/c1-12(22)13-5-4-6-14(9-13)21-18(23)11-25-19(24)16-10-20-17-8-3-2-7-15(16)17/h2-10,20H,11H2,1H3,(H,21,23). The maximum atomic E-state index is 12.2. The summed E-state index contributed by atoms with van der Waals surface area (Å²) in [6.45, 7) is 1.03. The molecule has 0 unspecified atom stereocenters. The number of fused-ring (bicyclic) bond motifs is 1. The number of rotatable bonds is 5. The molecule has 2 N–H and O–H groups in total. The minimum absolute atomic E-state index is 0.0955. The van der Waals surface area contributed by atoms with Gasteiger partial charge in [0, 0.05) is 28.4 Å². The minimum Gasteiger partial charge on any atom is -0.452 e. The molecule has 1 aromatic heterocycles. The molecule has 0 bridgehead atoms. The molecule has 0 saturated carbocycles. The molecule has 0 fully saturated rings. The van der Waals surface area contributed by atoms with Crippen molar-refractivity contribution in [2.45, 2.75) is 6.92 Å². The van der Waals surface area contributed by atoms with Gasteiger partial charge in [-0.2, -0.15) is 0 Å². The van der Waals surface area contributed by atoms with Crippen LogP contribution >= 0.6 is 0 Å². The average Bonchev–Trinajstić information content (AvgIpc) is 3.04. The number of anilines is 1. The number of para-hydroxylation sites is 1. The van der Waals surface area contributed by atoms with Gasteiger partial charge in [0.2, 0.25) is 0 Å². The quantitative estimate of drug-likeness (QED) is 0.553. The number of H-pyrrole nitrogens is 1. The highest BCUT2D eigenvalue weighted by molar-refractivity contribution is 6.05. The first-order chi connectivity index (χ1) is 12.0.